The van der Waals surface area contributed by atoms with Gasteiger partial charge in [0.2, 0.25) is 5.91 Å². The average molecular weight is 455 g/mol. The van der Waals surface area contributed by atoms with Crippen LogP contribution in [0.25, 0.3) is 5.69 Å². The fraction of sp³-hybridized carbons (Fsp3) is 0.476. The minimum Gasteiger partial charge on any atom is -0.342 e. The standard InChI is InChI=1S/C21H25F4N5O2/c1-3-28(4-2)18(31)14-27-9-11-29(12-10-27)20(32)15-13-26-30(19(15)21(23,24)25)17-8-6-5-7-16(17)22/h5-8,13H,3-4,9-12,14H2,1-2H3. The van der Waals surface area contributed by atoms with E-state index in [-0.39, 0.29) is 25.5 Å². The lowest BCUT2D eigenvalue weighted by Gasteiger charge is -2.35. The molecular weight excluding hydrogens is 430 g/mol. The number of rotatable bonds is 6. The molecule has 0 aliphatic carbocycles. The highest BCUT2D eigenvalue weighted by atomic mass is 19.4. The molecule has 0 N–H and O–H groups in total. The van der Waals surface area contributed by atoms with Crippen molar-refractivity contribution in [1.82, 2.24) is 24.5 Å². The first-order valence-corrected chi connectivity index (χ1v) is 10.4. The summed E-state index contributed by atoms with van der Waals surface area (Å²) in [5.74, 6) is -1.73. The zero-order chi connectivity index (χ0) is 23.5. The van der Waals surface area contributed by atoms with Crippen LogP contribution in [0, 0.1) is 5.82 Å². The maximum absolute atomic E-state index is 14.1. The number of amides is 2. The smallest absolute Gasteiger partial charge is 0.342 e. The van der Waals surface area contributed by atoms with Gasteiger partial charge in [-0.15, -0.1) is 0 Å². The number of carbonyl (C=O) groups excluding carboxylic acids is 2. The summed E-state index contributed by atoms with van der Waals surface area (Å²) in [6.45, 7) is 6.24. The van der Waals surface area contributed by atoms with E-state index in [4.69, 9.17) is 0 Å². The van der Waals surface area contributed by atoms with Gasteiger partial charge in [0.25, 0.3) is 5.91 Å². The summed E-state index contributed by atoms with van der Waals surface area (Å²) in [5, 5.41) is 3.67. The van der Waals surface area contributed by atoms with Crippen LogP contribution in [-0.4, -0.2) is 82.1 Å². The van der Waals surface area contributed by atoms with E-state index in [1.807, 2.05) is 18.7 Å². The van der Waals surface area contributed by atoms with Gasteiger partial charge in [0, 0.05) is 39.3 Å². The molecule has 174 valence electrons. The Morgan fingerprint density at radius 1 is 1.06 bits per heavy atom. The van der Waals surface area contributed by atoms with E-state index in [0.717, 1.165) is 18.3 Å². The van der Waals surface area contributed by atoms with E-state index < -0.39 is 34.8 Å². The number of piperazine rings is 1. The maximum atomic E-state index is 14.1. The summed E-state index contributed by atoms with van der Waals surface area (Å²) < 4.78 is 56.0. The van der Waals surface area contributed by atoms with Gasteiger partial charge in [-0.25, -0.2) is 9.07 Å². The molecule has 0 saturated carbocycles. The van der Waals surface area contributed by atoms with Gasteiger partial charge in [-0.05, 0) is 26.0 Å². The molecule has 1 aliphatic rings. The number of alkyl halides is 3. The molecule has 11 heteroatoms. The van der Waals surface area contributed by atoms with Gasteiger partial charge in [-0.3, -0.25) is 14.5 Å². The Bertz CT molecular complexity index is 963. The Balaban J connectivity index is 1.77. The number of benzene rings is 1. The summed E-state index contributed by atoms with van der Waals surface area (Å²) >= 11 is 0. The van der Waals surface area contributed by atoms with Gasteiger partial charge in [-0.1, -0.05) is 12.1 Å². The van der Waals surface area contributed by atoms with E-state index in [0.29, 0.717) is 30.9 Å². The van der Waals surface area contributed by atoms with Crippen LogP contribution in [0.15, 0.2) is 30.5 Å². The largest absolute Gasteiger partial charge is 0.434 e. The Hall–Kier alpha value is -2.95. The number of hydrogen-bond donors (Lipinski definition) is 0. The third-order valence-electron chi connectivity index (χ3n) is 5.48. The molecule has 0 unspecified atom stereocenters. The highest BCUT2D eigenvalue weighted by Crippen LogP contribution is 2.34. The second-order valence-corrected chi connectivity index (χ2v) is 7.40. The maximum Gasteiger partial charge on any atom is 0.434 e. The fourth-order valence-electron chi connectivity index (χ4n) is 3.73. The minimum absolute atomic E-state index is 0.0275. The van der Waals surface area contributed by atoms with E-state index in [1.54, 1.807) is 4.90 Å². The van der Waals surface area contributed by atoms with Crippen molar-refractivity contribution in [2.75, 3.05) is 45.8 Å². The third kappa shape index (κ3) is 4.93. The topological polar surface area (TPSA) is 61.7 Å². The van der Waals surface area contributed by atoms with Gasteiger partial charge in [0.1, 0.15) is 11.5 Å². The number of nitrogens with zero attached hydrogens (tertiary/aromatic N) is 5. The molecule has 1 fully saturated rings. The quantitative estimate of drug-likeness (QED) is 0.629. The molecular formula is C21H25F4N5O2. The lowest BCUT2D eigenvalue weighted by atomic mass is 10.1. The van der Waals surface area contributed by atoms with Gasteiger partial charge in [-0.2, -0.15) is 18.3 Å². The first kappa shape index (κ1) is 23.7. The molecule has 0 bridgehead atoms. The predicted octanol–water partition coefficient (Wildman–Crippen LogP) is 2.66. The zero-order valence-corrected chi connectivity index (χ0v) is 17.9. The van der Waals surface area contributed by atoms with Crippen molar-refractivity contribution < 1.29 is 27.2 Å². The molecule has 2 heterocycles. The molecule has 2 aromatic rings. The zero-order valence-electron chi connectivity index (χ0n) is 17.9. The second kappa shape index (κ2) is 9.68. The summed E-state index contributed by atoms with van der Waals surface area (Å²) in [6.07, 6.45) is -4.09. The van der Waals surface area contributed by atoms with Crippen LogP contribution in [0.2, 0.25) is 0 Å². The van der Waals surface area contributed by atoms with Crippen molar-refractivity contribution in [2.24, 2.45) is 0 Å². The Kier molecular flexibility index (Phi) is 7.17. The Morgan fingerprint density at radius 2 is 1.69 bits per heavy atom. The highest BCUT2D eigenvalue weighted by Gasteiger charge is 2.42. The summed E-state index contributed by atoms with van der Waals surface area (Å²) in [7, 11) is 0. The molecule has 7 nitrogen and oxygen atoms in total. The fourth-order valence-corrected chi connectivity index (χ4v) is 3.73. The van der Waals surface area contributed by atoms with Crippen LogP contribution in [0.5, 0.6) is 0 Å². The second-order valence-electron chi connectivity index (χ2n) is 7.40. The number of halogens is 4. The molecule has 1 saturated heterocycles. The van der Waals surface area contributed by atoms with Crippen molar-refractivity contribution in [2.45, 2.75) is 20.0 Å². The average Bonchev–Trinajstić information content (AvgIpc) is 3.20. The molecule has 3 rings (SSSR count). The first-order chi connectivity index (χ1) is 15.2. The van der Waals surface area contributed by atoms with Crippen LogP contribution in [0.4, 0.5) is 17.6 Å². The van der Waals surface area contributed by atoms with E-state index in [1.165, 1.54) is 17.0 Å². The molecule has 32 heavy (non-hydrogen) atoms. The number of likely N-dealkylation sites (N-methyl/N-ethyl adjacent to an activating group) is 1. The van der Waals surface area contributed by atoms with Crippen LogP contribution in [-0.2, 0) is 11.0 Å². The molecule has 1 aromatic heterocycles. The monoisotopic (exact) mass is 455 g/mol. The third-order valence-corrected chi connectivity index (χ3v) is 5.48. The summed E-state index contributed by atoms with van der Waals surface area (Å²) in [4.78, 5) is 30.1. The van der Waals surface area contributed by atoms with Crippen molar-refractivity contribution in [1.29, 1.82) is 0 Å². The molecule has 1 aromatic carbocycles. The summed E-state index contributed by atoms with van der Waals surface area (Å²) in [6, 6.07) is 4.93. The van der Waals surface area contributed by atoms with Crippen molar-refractivity contribution in [3.8, 4) is 5.69 Å². The number of hydrogen-bond acceptors (Lipinski definition) is 4. The molecule has 0 atom stereocenters. The van der Waals surface area contributed by atoms with Crippen LogP contribution in [0.1, 0.15) is 29.9 Å². The molecule has 0 radical (unpaired) electrons. The van der Waals surface area contributed by atoms with Crippen molar-refractivity contribution >= 4 is 11.8 Å². The number of aromatic nitrogens is 2. The highest BCUT2D eigenvalue weighted by molar-refractivity contribution is 5.95. The van der Waals surface area contributed by atoms with Crippen molar-refractivity contribution in [3.05, 3.63) is 47.5 Å². The lowest BCUT2D eigenvalue weighted by Crippen LogP contribution is -2.51. The van der Waals surface area contributed by atoms with Gasteiger partial charge < -0.3 is 9.80 Å². The Morgan fingerprint density at radius 3 is 2.25 bits per heavy atom. The SMILES string of the molecule is CCN(CC)C(=O)CN1CCN(C(=O)c2cnn(-c3ccccc3F)c2C(F)(F)F)CC1. The van der Waals surface area contributed by atoms with E-state index >= 15 is 0 Å². The molecule has 0 spiro atoms. The van der Waals surface area contributed by atoms with E-state index in [2.05, 4.69) is 5.10 Å². The number of carbonyl (C=O) groups is 2. The normalized spacial score (nSPS) is 15.1. The van der Waals surface area contributed by atoms with Crippen LogP contribution >= 0.6 is 0 Å². The minimum atomic E-state index is -4.91. The van der Waals surface area contributed by atoms with Crippen LogP contribution in [0.3, 0.4) is 0 Å². The first-order valence-electron chi connectivity index (χ1n) is 10.4. The Labute approximate surface area is 183 Å². The van der Waals surface area contributed by atoms with E-state index in [9.17, 15) is 27.2 Å². The molecule has 2 amide bonds. The van der Waals surface area contributed by atoms with Gasteiger partial charge in [0.05, 0.1) is 18.3 Å². The molecule has 1 aliphatic heterocycles. The number of para-hydroxylation sites is 1. The van der Waals surface area contributed by atoms with Gasteiger partial charge >= 0.3 is 6.18 Å². The van der Waals surface area contributed by atoms with Gasteiger partial charge in [0.15, 0.2) is 5.69 Å². The predicted molar refractivity (Wildman–Crippen MR) is 109 cm³/mol. The van der Waals surface area contributed by atoms with Crippen LogP contribution < -0.4 is 0 Å². The summed E-state index contributed by atoms with van der Waals surface area (Å²) in [5.41, 5.74) is -2.33. The van der Waals surface area contributed by atoms with Crippen molar-refractivity contribution in [3.63, 3.8) is 0 Å². The lowest BCUT2D eigenvalue weighted by molar-refractivity contribution is -0.143.